The smallest absolute Gasteiger partial charge is 0.363 e. The van der Waals surface area contributed by atoms with Crippen LogP contribution in [0.4, 0.5) is 19.0 Å². The molecule has 6 nitrogen and oxygen atoms in total. The molecule has 0 amide bonds. The molecule has 152 valence electrons. The van der Waals surface area contributed by atoms with E-state index in [1.807, 2.05) is 31.2 Å². The molecule has 0 saturated carbocycles. The number of hydrogen-bond donors (Lipinski definition) is 1. The predicted molar refractivity (Wildman–Crippen MR) is 106 cm³/mol. The van der Waals surface area contributed by atoms with E-state index in [1.165, 1.54) is 12.4 Å². The number of hydrogen-bond acceptors (Lipinski definition) is 5. The van der Waals surface area contributed by atoms with Gasteiger partial charge in [0.1, 0.15) is 5.82 Å². The Bertz CT molecular complexity index is 1130. The predicted octanol–water partition coefficient (Wildman–Crippen LogP) is 4.92. The first-order chi connectivity index (χ1) is 14.4. The molecule has 0 fully saturated rings. The molecular weight excluding hydrogens is 393 g/mol. The van der Waals surface area contributed by atoms with Gasteiger partial charge in [-0.3, -0.25) is 4.98 Å². The lowest BCUT2D eigenvalue weighted by Crippen LogP contribution is -2.15. The van der Waals surface area contributed by atoms with E-state index in [2.05, 4.69) is 25.4 Å². The molecule has 0 aliphatic carbocycles. The third kappa shape index (κ3) is 4.14. The lowest BCUT2D eigenvalue weighted by atomic mass is 10.1. The minimum absolute atomic E-state index is 0.0482. The quantitative estimate of drug-likeness (QED) is 0.506. The maximum Gasteiger partial charge on any atom is 0.433 e. The Kier molecular flexibility index (Phi) is 5.18. The van der Waals surface area contributed by atoms with Gasteiger partial charge in [-0.1, -0.05) is 18.2 Å². The molecule has 9 heteroatoms. The van der Waals surface area contributed by atoms with Crippen LogP contribution < -0.4 is 5.32 Å². The van der Waals surface area contributed by atoms with Crippen LogP contribution in [0, 0.1) is 0 Å². The third-order valence-electron chi connectivity index (χ3n) is 4.46. The molecule has 1 atom stereocenters. The molecule has 1 aromatic carbocycles. The topological polar surface area (TPSA) is 68.5 Å². The van der Waals surface area contributed by atoms with Gasteiger partial charge in [-0.2, -0.15) is 18.3 Å². The zero-order chi connectivity index (χ0) is 21.1. The number of anilines is 1. The van der Waals surface area contributed by atoms with Gasteiger partial charge in [-0.05, 0) is 36.8 Å². The van der Waals surface area contributed by atoms with Gasteiger partial charge in [0.25, 0.3) is 0 Å². The van der Waals surface area contributed by atoms with Crippen molar-refractivity contribution in [3.05, 3.63) is 84.6 Å². The summed E-state index contributed by atoms with van der Waals surface area (Å²) in [4.78, 5) is 11.9. The van der Waals surface area contributed by atoms with Crippen molar-refractivity contribution < 1.29 is 13.2 Å². The fraction of sp³-hybridized carbons (Fsp3) is 0.143. The molecule has 3 aromatic heterocycles. The van der Waals surface area contributed by atoms with Crippen molar-refractivity contribution in [2.75, 3.05) is 5.32 Å². The Morgan fingerprint density at radius 2 is 1.83 bits per heavy atom. The van der Waals surface area contributed by atoms with Gasteiger partial charge in [-0.25, -0.2) is 14.6 Å². The van der Waals surface area contributed by atoms with Crippen molar-refractivity contribution >= 4 is 5.82 Å². The average Bonchev–Trinajstić information content (AvgIpc) is 3.28. The van der Waals surface area contributed by atoms with E-state index in [0.29, 0.717) is 5.56 Å². The molecule has 0 spiro atoms. The highest BCUT2D eigenvalue weighted by Crippen LogP contribution is 2.32. The molecule has 0 saturated heterocycles. The van der Waals surface area contributed by atoms with Gasteiger partial charge in [-0.15, -0.1) is 0 Å². The van der Waals surface area contributed by atoms with Crippen LogP contribution in [0.3, 0.4) is 0 Å². The van der Waals surface area contributed by atoms with E-state index < -0.39 is 11.9 Å². The number of alkyl halides is 3. The Labute approximate surface area is 170 Å². The molecule has 1 unspecified atom stereocenters. The standard InChI is InChI=1S/C21H17F3N6/c1-14(16-7-2-3-8-17(16)30-11-5-10-26-30)27-19-12-18(21(22,23)24)28-20(29-19)15-6-4-9-25-13-15/h2-14H,1H3,(H,27,28,29). The first-order valence-corrected chi connectivity index (χ1v) is 9.14. The lowest BCUT2D eigenvalue weighted by Gasteiger charge is -2.19. The van der Waals surface area contributed by atoms with Crippen LogP contribution in [0.25, 0.3) is 17.1 Å². The zero-order valence-electron chi connectivity index (χ0n) is 15.9. The van der Waals surface area contributed by atoms with Gasteiger partial charge in [0, 0.05) is 36.4 Å². The minimum Gasteiger partial charge on any atom is -0.363 e. The van der Waals surface area contributed by atoms with Crippen molar-refractivity contribution in [2.24, 2.45) is 0 Å². The molecule has 0 radical (unpaired) electrons. The number of nitrogens with zero attached hydrogens (tertiary/aromatic N) is 5. The average molecular weight is 410 g/mol. The van der Waals surface area contributed by atoms with Crippen molar-refractivity contribution in [3.8, 4) is 17.1 Å². The summed E-state index contributed by atoms with van der Waals surface area (Å²) < 4.78 is 42.0. The lowest BCUT2D eigenvalue weighted by molar-refractivity contribution is -0.141. The van der Waals surface area contributed by atoms with Crippen molar-refractivity contribution in [3.63, 3.8) is 0 Å². The fourth-order valence-electron chi connectivity index (χ4n) is 3.06. The molecule has 30 heavy (non-hydrogen) atoms. The molecule has 0 bridgehead atoms. The molecule has 4 aromatic rings. The zero-order valence-corrected chi connectivity index (χ0v) is 15.9. The van der Waals surface area contributed by atoms with Crippen LogP contribution in [0.15, 0.2) is 73.3 Å². The monoisotopic (exact) mass is 410 g/mol. The van der Waals surface area contributed by atoms with Gasteiger partial charge >= 0.3 is 6.18 Å². The minimum atomic E-state index is -4.60. The number of halogens is 3. The van der Waals surface area contributed by atoms with Crippen molar-refractivity contribution in [2.45, 2.75) is 19.1 Å². The summed E-state index contributed by atoms with van der Waals surface area (Å²) in [5.74, 6) is 0.0203. The highest BCUT2D eigenvalue weighted by Gasteiger charge is 2.34. The normalized spacial score (nSPS) is 12.5. The molecule has 4 rings (SSSR count). The van der Waals surface area contributed by atoms with E-state index in [0.717, 1.165) is 17.3 Å². The molecule has 1 N–H and O–H groups in total. The highest BCUT2D eigenvalue weighted by atomic mass is 19.4. The van der Waals surface area contributed by atoms with Crippen LogP contribution >= 0.6 is 0 Å². The van der Waals surface area contributed by atoms with Crippen LogP contribution in [-0.4, -0.2) is 24.7 Å². The van der Waals surface area contributed by atoms with Crippen LogP contribution in [0.1, 0.15) is 24.2 Å². The fourth-order valence-corrected chi connectivity index (χ4v) is 3.06. The Morgan fingerprint density at radius 1 is 1.00 bits per heavy atom. The maximum absolute atomic E-state index is 13.4. The van der Waals surface area contributed by atoms with E-state index in [4.69, 9.17) is 0 Å². The van der Waals surface area contributed by atoms with Crippen LogP contribution in [-0.2, 0) is 6.18 Å². The number of aromatic nitrogens is 5. The van der Waals surface area contributed by atoms with Crippen molar-refractivity contribution in [1.82, 2.24) is 24.7 Å². The largest absolute Gasteiger partial charge is 0.433 e. The Balaban J connectivity index is 1.71. The molecule has 0 aliphatic rings. The Hall–Kier alpha value is -3.75. The summed E-state index contributed by atoms with van der Waals surface area (Å²) in [5, 5.41) is 7.31. The number of para-hydroxylation sites is 1. The van der Waals surface area contributed by atoms with Gasteiger partial charge in [0.2, 0.25) is 0 Å². The van der Waals surface area contributed by atoms with E-state index in [-0.39, 0.29) is 17.7 Å². The number of nitrogens with one attached hydrogen (secondary N) is 1. The first kappa shape index (κ1) is 19.6. The van der Waals surface area contributed by atoms with E-state index in [9.17, 15) is 13.2 Å². The van der Waals surface area contributed by atoms with Crippen molar-refractivity contribution in [1.29, 1.82) is 0 Å². The van der Waals surface area contributed by atoms with Crippen LogP contribution in [0.5, 0.6) is 0 Å². The van der Waals surface area contributed by atoms with Gasteiger partial charge in [0.15, 0.2) is 11.5 Å². The number of rotatable bonds is 5. The Morgan fingerprint density at radius 3 is 2.53 bits per heavy atom. The summed E-state index contributed by atoms with van der Waals surface area (Å²) >= 11 is 0. The number of pyridine rings is 1. The van der Waals surface area contributed by atoms with Gasteiger partial charge in [0.05, 0.1) is 11.7 Å². The second-order valence-electron chi connectivity index (χ2n) is 6.58. The third-order valence-corrected chi connectivity index (χ3v) is 4.46. The summed E-state index contributed by atoms with van der Waals surface area (Å²) in [6.45, 7) is 1.85. The van der Waals surface area contributed by atoms with Crippen LogP contribution in [0.2, 0.25) is 0 Å². The molecular formula is C21H17F3N6. The molecule has 3 heterocycles. The summed E-state index contributed by atoms with van der Waals surface area (Å²) in [6.07, 6.45) is 1.82. The maximum atomic E-state index is 13.4. The first-order valence-electron chi connectivity index (χ1n) is 9.14. The second kappa shape index (κ2) is 7.94. The highest BCUT2D eigenvalue weighted by molar-refractivity contribution is 5.57. The summed E-state index contributed by atoms with van der Waals surface area (Å²) in [6, 6.07) is 13.1. The summed E-state index contributed by atoms with van der Waals surface area (Å²) in [5.41, 5.74) is 1.05. The summed E-state index contributed by atoms with van der Waals surface area (Å²) in [7, 11) is 0. The second-order valence-corrected chi connectivity index (χ2v) is 6.58. The SMILES string of the molecule is CC(Nc1cc(C(F)(F)F)nc(-c2cccnc2)n1)c1ccccc1-n1cccn1. The van der Waals surface area contributed by atoms with E-state index >= 15 is 0 Å². The van der Waals surface area contributed by atoms with Gasteiger partial charge < -0.3 is 5.32 Å². The number of benzene rings is 1. The molecule has 0 aliphatic heterocycles. The van der Waals surface area contributed by atoms with E-state index in [1.54, 1.807) is 35.3 Å².